The summed E-state index contributed by atoms with van der Waals surface area (Å²) in [6, 6.07) is 28.3. The third kappa shape index (κ3) is 14.4. The number of aromatic nitrogens is 5. The van der Waals surface area contributed by atoms with E-state index in [-0.39, 0.29) is 81.3 Å². The number of hydrogen-bond donors (Lipinski definition) is 3. The Labute approximate surface area is 459 Å². The number of aliphatic hydroxyl groups is 1. The molecule has 0 unspecified atom stereocenters. The van der Waals surface area contributed by atoms with Crippen molar-refractivity contribution in [1.29, 1.82) is 10.5 Å². The number of aromatic amines is 1. The van der Waals surface area contributed by atoms with Gasteiger partial charge in [-0.25, -0.2) is 0 Å². The zero-order valence-corrected chi connectivity index (χ0v) is 45.3. The summed E-state index contributed by atoms with van der Waals surface area (Å²) in [6.45, 7) is 15.5. The number of anilines is 1. The molecule has 0 radical (unpaired) electrons. The number of aliphatic hydroxyl groups excluding tert-OH is 1. The zero-order valence-electron chi connectivity index (χ0n) is 42.2. The number of rotatable bonds is 12. The molecule has 2 aromatic heterocycles. The van der Waals surface area contributed by atoms with Crippen LogP contribution in [0, 0.1) is 22.7 Å². The molecule has 5 N–H and O–H groups in total. The van der Waals surface area contributed by atoms with Gasteiger partial charge in [0.1, 0.15) is 0 Å². The summed E-state index contributed by atoms with van der Waals surface area (Å²) in [4.78, 5) is 35.5. The molecular formula is C54H65KN10O6. The van der Waals surface area contributed by atoms with Crippen molar-refractivity contribution in [2.45, 2.75) is 105 Å². The van der Waals surface area contributed by atoms with Crippen LogP contribution in [0.5, 0.6) is 6.01 Å². The topological polar surface area (TPSA) is 254 Å². The largest absolute Gasteiger partial charge is 1.00 e. The number of carbonyl (C=O) groups is 2. The Morgan fingerprint density at radius 3 is 1.51 bits per heavy atom. The van der Waals surface area contributed by atoms with Crippen LogP contribution >= 0.6 is 0 Å². The van der Waals surface area contributed by atoms with Crippen LogP contribution < -0.4 is 61.9 Å². The predicted octanol–water partition coefficient (Wildman–Crippen LogP) is 6.05. The maximum Gasteiger partial charge on any atom is 1.00 e. The third-order valence-corrected chi connectivity index (χ3v) is 12.9. The van der Waals surface area contributed by atoms with Crippen LogP contribution in [0.1, 0.15) is 144 Å². The van der Waals surface area contributed by atoms with Crippen molar-refractivity contribution in [3.05, 3.63) is 128 Å². The number of nitrogen functional groups attached to an aromatic ring is 1. The van der Waals surface area contributed by atoms with Crippen molar-refractivity contribution < 1.29 is 80.7 Å². The summed E-state index contributed by atoms with van der Waals surface area (Å²) < 4.78 is 10.9. The fraction of sp³-hybridized carbons (Fsp3) is 0.407. The van der Waals surface area contributed by atoms with Crippen molar-refractivity contribution >= 4 is 17.8 Å². The van der Waals surface area contributed by atoms with Crippen LogP contribution in [0.25, 0.3) is 22.8 Å². The van der Waals surface area contributed by atoms with Gasteiger partial charge in [-0.3, -0.25) is 14.7 Å². The number of H-pyrrole nitrogens is 1. The minimum absolute atomic E-state index is 0. The number of amides is 2. The van der Waals surface area contributed by atoms with Crippen LogP contribution in [-0.4, -0.2) is 97.0 Å². The number of nitrogens with two attached hydrogens (primary N) is 1. The first kappa shape index (κ1) is 57.8. The van der Waals surface area contributed by atoms with Crippen LogP contribution in [-0.2, 0) is 25.7 Å². The Kier molecular flexibility index (Phi) is 23.1. The van der Waals surface area contributed by atoms with Gasteiger partial charge in [-0.2, -0.15) is 15.5 Å². The number of ether oxygens (including phenoxy) is 1. The van der Waals surface area contributed by atoms with Crippen molar-refractivity contribution in [2.75, 3.05) is 45.1 Å². The molecule has 4 heterocycles. The molecule has 6 aromatic rings. The predicted molar refractivity (Wildman–Crippen MR) is 267 cm³/mol. The molecule has 0 spiro atoms. The van der Waals surface area contributed by atoms with E-state index in [0.717, 1.165) is 90.3 Å². The summed E-state index contributed by atoms with van der Waals surface area (Å²) >= 11 is 0. The first-order valence-corrected chi connectivity index (χ1v) is 24.2. The zero-order chi connectivity index (χ0) is 49.5. The molecule has 17 heteroatoms. The molecule has 2 saturated heterocycles. The molecule has 0 bridgehead atoms. The second kappa shape index (κ2) is 28.3. The van der Waals surface area contributed by atoms with Gasteiger partial charge in [0.05, 0.1) is 29.9 Å². The van der Waals surface area contributed by atoms with E-state index in [1.165, 1.54) is 11.1 Å². The molecule has 2 aliphatic heterocycles. The number of nitrogens with one attached hydrogen (secondary N) is 1. The van der Waals surface area contributed by atoms with Crippen LogP contribution in [0.3, 0.4) is 0 Å². The molecule has 8 rings (SSSR count). The molecule has 4 aromatic carbocycles. The minimum atomic E-state index is 0. The SMILES string of the molecule is CCO.CCOc1n[nH]c(-c2cc(C(=O)N3CCC(c4ccc(C#N)cc4)CC3)c(CC)cc2CC)n1.CCc1cc(CC)c(-c2nnc(N)o2)cc1C(=O)N1CCC(c2ccc(C#N)cc2)CC1.[K+].[OH-]. The average Bonchev–Trinajstić information content (AvgIpc) is 4.07. The maximum atomic E-state index is 13.6. The van der Waals surface area contributed by atoms with Crippen molar-refractivity contribution in [2.24, 2.45) is 0 Å². The van der Waals surface area contributed by atoms with E-state index in [0.29, 0.717) is 79.0 Å². The molecule has 368 valence electrons. The molecule has 16 nitrogen and oxygen atoms in total. The number of nitriles is 2. The monoisotopic (exact) mass is 988 g/mol. The second-order valence-electron chi connectivity index (χ2n) is 17.0. The number of carbonyl (C=O) groups excluding carboxylic acids is 2. The molecule has 0 saturated carbocycles. The van der Waals surface area contributed by atoms with Gasteiger partial charge in [-0.05, 0) is 147 Å². The summed E-state index contributed by atoms with van der Waals surface area (Å²) in [5.41, 5.74) is 16.8. The van der Waals surface area contributed by atoms with Gasteiger partial charge in [0.15, 0.2) is 5.82 Å². The van der Waals surface area contributed by atoms with E-state index in [1.807, 2.05) is 77.4 Å². The summed E-state index contributed by atoms with van der Waals surface area (Å²) in [5.74, 6) is 1.88. The maximum absolute atomic E-state index is 13.6. The van der Waals surface area contributed by atoms with E-state index in [1.54, 1.807) is 6.92 Å². The van der Waals surface area contributed by atoms with E-state index < -0.39 is 0 Å². The molecule has 2 amide bonds. The smallest absolute Gasteiger partial charge is 0.870 e. The Morgan fingerprint density at radius 1 is 0.704 bits per heavy atom. The summed E-state index contributed by atoms with van der Waals surface area (Å²) in [7, 11) is 0. The van der Waals surface area contributed by atoms with Crippen LogP contribution in [0.15, 0.2) is 77.2 Å². The fourth-order valence-electron chi connectivity index (χ4n) is 9.11. The normalized spacial score (nSPS) is 13.5. The van der Waals surface area contributed by atoms with Gasteiger partial charge in [-0.15, -0.1) is 10.2 Å². The van der Waals surface area contributed by atoms with Gasteiger partial charge in [0.2, 0.25) is 5.89 Å². The van der Waals surface area contributed by atoms with E-state index >= 15 is 0 Å². The first-order valence-electron chi connectivity index (χ1n) is 24.2. The van der Waals surface area contributed by atoms with Crippen LogP contribution in [0.4, 0.5) is 6.01 Å². The Bertz CT molecular complexity index is 2750. The molecule has 0 atom stereocenters. The van der Waals surface area contributed by atoms with Crippen LogP contribution in [0.2, 0.25) is 0 Å². The van der Waals surface area contributed by atoms with Gasteiger partial charge >= 0.3 is 63.4 Å². The first-order chi connectivity index (χ1) is 33.5. The van der Waals surface area contributed by atoms with E-state index in [2.05, 4.69) is 77.3 Å². The van der Waals surface area contributed by atoms with E-state index in [4.69, 9.17) is 30.5 Å². The fourth-order valence-corrected chi connectivity index (χ4v) is 9.11. The van der Waals surface area contributed by atoms with Crippen molar-refractivity contribution in [3.63, 3.8) is 0 Å². The average molecular weight is 989 g/mol. The Morgan fingerprint density at radius 2 is 1.13 bits per heavy atom. The Hall–Kier alpha value is -5.76. The number of nitrogens with zero attached hydrogens (tertiary/aromatic N) is 8. The van der Waals surface area contributed by atoms with Gasteiger partial charge < -0.3 is 35.3 Å². The number of piperidine rings is 2. The summed E-state index contributed by atoms with van der Waals surface area (Å²) in [5, 5.41) is 40.5. The number of hydrogen-bond acceptors (Lipinski definition) is 13. The standard InChI is InChI=1S/C27H31N5O2.C25H27N5O2.C2H6O.K.H2O/c1-4-19-15-20(5-2)24(16-23(19)25-29-27(31-30-25)34-6-3)26(33)32-13-11-22(12-14-32)21-9-7-18(17-28)8-10-21;1-3-17-13-18(4-2)22(14-21(17)23-28-29-25(27)32-23)24(31)30-11-9-20(10-12-30)19-7-5-16(15-26)6-8-19;1-2-3;;/h7-10,15-16,22H,4-6,11-14H2,1-3H3,(H,29,30,31);5-8,13-14,20H,3-4,9-12H2,1-2H3,(H2,27,29);3H,2H2,1H3;;1H2/q;;;+1;/p-1. The number of likely N-dealkylation sites (tertiary alicyclic amines) is 2. The minimum Gasteiger partial charge on any atom is -0.870 e. The van der Waals surface area contributed by atoms with Crippen molar-refractivity contribution in [3.8, 4) is 41.0 Å². The summed E-state index contributed by atoms with van der Waals surface area (Å²) in [6.07, 6.45) is 6.81. The van der Waals surface area contributed by atoms with Gasteiger partial charge in [0, 0.05) is 55.0 Å². The molecule has 0 aliphatic carbocycles. The molecule has 2 aliphatic rings. The quantitative estimate of drug-likeness (QED) is 0.118. The van der Waals surface area contributed by atoms with Gasteiger partial charge in [-0.1, -0.05) is 69.2 Å². The molecular weight excluding hydrogens is 924 g/mol. The number of aryl methyl sites for hydroxylation is 4. The molecule has 71 heavy (non-hydrogen) atoms. The third-order valence-electron chi connectivity index (χ3n) is 12.9. The molecule has 2 fully saturated rings. The second-order valence-corrected chi connectivity index (χ2v) is 17.0. The van der Waals surface area contributed by atoms with Crippen molar-refractivity contribution in [1.82, 2.24) is 35.2 Å². The number of benzene rings is 4. The van der Waals surface area contributed by atoms with Gasteiger partial charge in [0.25, 0.3) is 11.8 Å². The van der Waals surface area contributed by atoms with E-state index in [9.17, 15) is 9.59 Å². The Balaban J connectivity index is 0.000000285.